The lowest BCUT2D eigenvalue weighted by Gasteiger charge is -2.26. The number of alkyl halides is 6. The van der Waals surface area contributed by atoms with Gasteiger partial charge in [0, 0.05) is 6.04 Å². The lowest BCUT2D eigenvalue weighted by atomic mass is 10.2. The Balaban J connectivity index is 2.53. The van der Waals surface area contributed by atoms with E-state index < -0.39 is 24.6 Å². The maximum Gasteiger partial charge on any atom is 0.423 e. The Hall–Kier alpha value is -0.500. The largest absolute Gasteiger partial charge is 0.423 e. The second kappa shape index (κ2) is 6.30. The van der Waals surface area contributed by atoms with Gasteiger partial charge in [-0.2, -0.15) is 26.3 Å². The predicted octanol–water partition coefficient (Wildman–Crippen LogP) is 3.42. The van der Waals surface area contributed by atoms with Gasteiger partial charge >= 0.3 is 12.4 Å². The van der Waals surface area contributed by atoms with Gasteiger partial charge in [0.2, 0.25) is 6.10 Å². The van der Waals surface area contributed by atoms with E-state index in [-0.39, 0.29) is 18.9 Å². The zero-order chi connectivity index (χ0) is 14.7. The number of nitrogens with one attached hydrogen (secondary N) is 1. The summed E-state index contributed by atoms with van der Waals surface area (Å²) in [5.74, 6) is 0. The van der Waals surface area contributed by atoms with Gasteiger partial charge in [0.25, 0.3) is 0 Å². The number of rotatable bonds is 5. The summed E-state index contributed by atoms with van der Waals surface area (Å²) in [4.78, 5) is 0. The van der Waals surface area contributed by atoms with Crippen LogP contribution >= 0.6 is 0 Å². The quantitative estimate of drug-likeness (QED) is 0.784. The molecule has 2 nitrogen and oxygen atoms in total. The van der Waals surface area contributed by atoms with Crippen molar-refractivity contribution in [3.05, 3.63) is 0 Å². The van der Waals surface area contributed by atoms with Gasteiger partial charge in [-0.3, -0.25) is 0 Å². The Morgan fingerprint density at radius 1 is 1.11 bits per heavy atom. The zero-order valence-electron chi connectivity index (χ0n) is 10.4. The minimum absolute atomic E-state index is 0.0629. The molecule has 0 aromatic heterocycles. The van der Waals surface area contributed by atoms with E-state index in [1.807, 2.05) is 6.92 Å². The van der Waals surface area contributed by atoms with E-state index in [1.54, 1.807) is 0 Å². The summed E-state index contributed by atoms with van der Waals surface area (Å²) in [7, 11) is 0. The van der Waals surface area contributed by atoms with Gasteiger partial charge in [0.15, 0.2) is 0 Å². The molecule has 0 radical (unpaired) electrons. The first-order valence-electron chi connectivity index (χ1n) is 6.16. The van der Waals surface area contributed by atoms with Crippen molar-refractivity contribution >= 4 is 0 Å². The van der Waals surface area contributed by atoms with E-state index in [0.717, 1.165) is 6.42 Å². The summed E-state index contributed by atoms with van der Waals surface area (Å²) in [6.07, 6.45) is -13.7. The molecule has 2 unspecified atom stereocenters. The molecule has 114 valence electrons. The van der Waals surface area contributed by atoms with Gasteiger partial charge in [-0.25, -0.2) is 0 Å². The Kier molecular flexibility index (Phi) is 5.49. The van der Waals surface area contributed by atoms with Crippen molar-refractivity contribution in [2.75, 3.05) is 6.54 Å². The van der Waals surface area contributed by atoms with Crippen molar-refractivity contribution in [1.82, 2.24) is 5.32 Å². The molecular formula is C11H17F6NO. The highest BCUT2D eigenvalue weighted by Gasteiger charge is 2.59. The van der Waals surface area contributed by atoms with Crippen molar-refractivity contribution in [3.63, 3.8) is 0 Å². The molecule has 1 aliphatic carbocycles. The molecule has 0 saturated heterocycles. The maximum absolute atomic E-state index is 12.3. The molecule has 1 saturated carbocycles. The van der Waals surface area contributed by atoms with Crippen LogP contribution in [0, 0.1) is 0 Å². The van der Waals surface area contributed by atoms with E-state index in [1.165, 1.54) is 0 Å². The number of hydrogen-bond acceptors (Lipinski definition) is 2. The van der Waals surface area contributed by atoms with Gasteiger partial charge in [-0.1, -0.05) is 6.92 Å². The zero-order valence-corrected chi connectivity index (χ0v) is 10.4. The molecular weight excluding hydrogens is 276 g/mol. The lowest BCUT2D eigenvalue weighted by Crippen LogP contribution is -2.46. The monoisotopic (exact) mass is 293 g/mol. The molecule has 2 atom stereocenters. The Bertz CT molecular complexity index is 263. The summed E-state index contributed by atoms with van der Waals surface area (Å²) in [5.41, 5.74) is 0. The fourth-order valence-electron chi connectivity index (χ4n) is 2.13. The summed E-state index contributed by atoms with van der Waals surface area (Å²) in [5, 5.41) is 3.07. The third-order valence-corrected chi connectivity index (χ3v) is 2.99. The van der Waals surface area contributed by atoms with E-state index in [2.05, 4.69) is 10.1 Å². The highest BCUT2D eigenvalue weighted by molar-refractivity contribution is 4.85. The summed E-state index contributed by atoms with van der Waals surface area (Å²) in [6.45, 7) is 2.62. The third kappa shape index (κ3) is 5.18. The van der Waals surface area contributed by atoms with Gasteiger partial charge in [0.1, 0.15) is 0 Å². The lowest BCUT2D eigenvalue weighted by molar-refractivity contribution is -0.330. The average molecular weight is 293 g/mol. The third-order valence-electron chi connectivity index (χ3n) is 2.99. The average Bonchev–Trinajstić information content (AvgIpc) is 2.67. The highest BCUT2D eigenvalue weighted by atomic mass is 19.4. The molecule has 0 aliphatic heterocycles. The first kappa shape index (κ1) is 16.6. The van der Waals surface area contributed by atoms with E-state index >= 15 is 0 Å². The van der Waals surface area contributed by atoms with Gasteiger partial charge in [0.05, 0.1) is 6.10 Å². The number of halogens is 6. The normalized spacial score (nSPS) is 25.3. The Labute approximate surface area is 107 Å². The van der Waals surface area contributed by atoms with E-state index in [4.69, 9.17) is 0 Å². The molecule has 19 heavy (non-hydrogen) atoms. The van der Waals surface area contributed by atoms with Crippen molar-refractivity contribution in [2.24, 2.45) is 0 Å². The van der Waals surface area contributed by atoms with Gasteiger partial charge in [-0.05, 0) is 32.2 Å². The number of ether oxygens (including phenoxy) is 1. The maximum atomic E-state index is 12.3. The molecule has 0 aromatic rings. The van der Waals surface area contributed by atoms with Crippen LogP contribution < -0.4 is 5.32 Å². The van der Waals surface area contributed by atoms with Crippen LogP contribution in [0.5, 0.6) is 0 Å². The van der Waals surface area contributed by atoms with E-state index in [9.17, 15) is 26.3 Å². The molecule has 1 rings (SSSR count). The Morgan fingerprint density at radius 3 is 2.16 bits per heavy atom. The second-order valence-corrected chi connectivity index (χ2v) is 4.69. The van der Waals surface area contributed by atoms with Crippen LogP contribution in [0.15, 0.2) is 0 Å². The van der Waals surface area contributed by atoms with E-state index in [0.29, 0.717) is 13.0 Å². The molecule has 1 aliphatic rings. The van der Waals surface area contributed by atoms with Crippen LogP contribution in [0.2, 0.25) is 0 Å². The molecule has 0 bridgehead atoms. The molecule has 1 fully saturated rings. The van der Waals surface area contributed by atoms with Crippen LogP contribution in [0.1, 0.15) is 32.6 Å². The molecule has 8 heteroatoms. The molecule has 0 heterocycles. The van der Waals surface area contributed by atoms with Crippen LogP contribution in [-0.4, -0.2) is 37.1 Å². The summed E-state index contributed by atoms with van der Waals surface area (Å²) in [6, 6.07) is -0.0629. The van der Waals surface area contributed by atoms with Crippen LogP contribution in [-0.2, 0) is 4.74 Å². The minimum Gasteiger partial charge on any atom is -0.358 e. The smallest absolute Gasteiger partial charge is 0.358 e. The molecule has 0 amide bonds. The van der Waals surface area contributed by atoms with Crippen molar-refractivity contribution in [3.8, 4) is 0 Å². The minimum atomic E-state index is -5.42. The summed E-state index contributed by atoms with van der Waals surface area (Å²) < 4.78 is 78.1. The molecule has 0 aromatic carbocycles. The Morgan fingerprint density at radius 2 is 1.68 bits per heavy atom. The predicted molar refractivity (Wildman–Crippen MR) is 56.7 cm³/mol. The standard InChI is InChI=1S/C11H17F6NO/c1-2-5-18-7-3-4-8(6-7)19-9(10(12,13)14)11(15,16)17/h7-9,18H,2-6H2,1H3. The van der Waals surface area contributed by atoms with Crippen LogP contribution in [0.4, 0.5) is 26.3 Å². The van der Waals surface area contributed by atoms with Crippen LogP contribution in [0.25, 0.3) is 0 Å². The van der Waals surface area contributed by atoms with Crippen molar-refractivity contribution in [2.45, 2.75) is 63.2 Å². The fourth-order valence-corrected chi connectivity index (χ4v) is 2.13. The first-order chi connectivity index (χ1) is 8.64. The van der Waals surface area contributed by atoms with Crippen molar-refractivity contribution < 1.29 is 31.1 Å². The van der Waals surface area contributed by atoms with Gasteiger partial charge < -0.3 is 10.1 Å². The second-order valence-electron chi connectivity index (χ2n) is 4.69. The first-order valence-corrected chi connectivity index (χ1v) is 6.16. The molecule has 1 N–H and O–H groups in total. The fraction of sp³-hybridized carbons (Fsp3) is 1.00. The SMILES string of the molecule is CCCNC1CCC(OC(C(F)(F)F)C(F)(F)F)C1. The topological polar surface area (TPSA) is 21.3 Å². The van der Waals surface area contributed by atoms with Crippen LogP contribution in [0.3, 0.4) is 0 Å². The van der Waals surface area contributed by atoms with Gasteiger partial charge in [-0.15, -0.1) is 0 Å². The molecule has 0 spiro atoms. The number of hydrogen-bond donors (Lipinski definition) is 1. The summed E-state index contributed by atoms with van der Waals surface area (Å²) >= 11 is 0. The highest BCUT2D eigenvalue weighted by Crippen LogP contribution is 2.38. The van der Waals surface area contributed by atoms with Crippen molar-refractivity contribution in [1.29, 1.82) is 0 Å².